The Labute approximate surface area is 168 Å². The summed E-state index contributed by atoms with van der Waals surface area (Å²) >= 11 is 0. The molecule has 0 spiro atoms. The van der Waals surface area contributed by atoms with Crippen LogP contribution < -0.4 is 15.4 Å². The first-order valence-electron chi connectivity index (χ1n) is 10.1. The minimum absolute atomic E-state index is 0.0798. The van der Waals surface area contributed by atoms with E-state index in [2.05, 4.69) is 15.6 Å². The molecule has 152 valence electrons. The van der Waals surface area contributed by atoms with Crippen molar-refractivity contribution in [3.8, 4) is 5.75 Å². The molecule has 1 aromatic carbocycles. The minimum Gasteiger partial charge on any atom is -0.489 e. The monoisotopic (exact) mass is 397 g/mol. The summed E-state index contributed by atoms with van der Waals surface area (Å²) < 4.78 is 20.4. The van der Waals surface area contributed by atoms with Crippen LogP contribution in [0.5, 0.6) is 5.75 Å². The van der Waals surface area contributed by atoms with Crippen LogP contribution in [0.15, 0.2) is 30.5 Å². The van der Waals surface area contributed by atoms with Gasteiger partial charge in [0.15, 0.2) is 11.6 Å². The van der Waals surface area contributed by atoms with Crippen molar-refractivity contribution in [3.05, 3.63) is 47.4 Å². The van der Waals surface area contributed by atoms with E-state index >= 15 is 0 Å². The number of rotatable bonds is 5. The highest BCUT2D eigenvalue weighted by molar-refractivity contribution is 6.05. The van der Waals surface area contributed by atoms with E-state index in [-0.39, 0.29) is 17.3 Å². The summed E-state index contributed by atoms with van der Waals surface area (Å²) in [5.41, 5.74) is 1.08. The number of amides is 2. The summed E-state index contributed by atoms with van der Waals surface area (Å²) in [4.78, 5) is 28.4. The molecule has 0 saturated heterocycles. The Balaban J connectivity index is 1.48. The molecule has 2 aliphatic rings. The molecular formula is C22H24FN3O3. The molecule has 1 aliphatic heterocycles. The summed E-state index contributed by atoms with van der Waals surface area (Å²) in [6, 6.07) is 6.18. The lowest BCUT2D eigenvalue weighted by atomic mass is 9.90. The molecule has 0 bridgehead atoms. The Kier molecular flexibility index (Phi) is 5.74. The molecular weight excluding hydrogens is 373 g/mol. The van der Waals surface area contributed by atoms with Gasteiger partial charge in [-0.05, 0) is 55.0 Å². The summed E-state index contributed by atoms with van der Waals surface area (Å²) in [7, 11) is 0. The molecule has 2 heterocycles. The molecule has 29 heavy (non-hydrogen) atoms. The van der Waals surface area contributed by atoms with E-state index < -0.39 is 11.7 Å². The molecule has 2 aromatic rings. The smallest absolute Gasteiger partial charge is 0.259 e. The minimum atomic E-state index is -0.691. The Morgan fingerprint density at radius 3 is 2.90 bits per heavy atom. The predicted molar refractivity (Wildman–Crippen MR) is 108 cm³/mol. The second-order valence-corrected chi connectivity index (χ2v) is 7.66. The number of carbonyl (C=O) groups excluding carboxylic acids is 2. The van der Waals surface area contributed by atoms with Crippen LogP contribution in [0, 0.1) is 11.7 Å². The Morgan fingerprint density at radius 2 is 2.07 bits per heavy atom. The van der Waals surface area contributed by atoms with Crippen LogP contribution in [0.25, 0.3) is 0 Å². The van der Waals surface area contributed by atoms with Gasteiger partial charge in [-0.25, -0.2) is 9.37 Å². The highest BCUT2D eigenvalue weighted by atomic mass is 19.1. The molecule has 6 nitrogen and oxygen atoms in total. The molecule has 2 N–H and O–H groups in total. The first-order chi connectivity index (χ1) is 14.1. The van der Waals surface area contributed by atoms with Gasteiger partial charge < -0.3 is 15.4 Å². The number of ether oxygens (including phenoxy) is 1. The zero-order chi connectivity index (χ0) is 20.2. The lowest BCUT2D eigenvalue weighted by molar-refractivity contribution is -0.116. The number of nitrogens with one attached hydrogen (secondary N) is 2. The molecule has 4 rings (SSSR count). The summed E-state index contributed by atoms with van der Waals surface area (Å²) in [5, 5.41) is 5.30. The van der Waals surface area contributed by atoms with Gasteiger partial charge in [-0.1, -0.05) is 19.3 Å². The third-order valence-electron chi connectivity index (χ3n) is 5.53. The summed E-state index contributed by atoms with van der Waals surface area (Å²) in [6.07, 6.45) is 8.38. The fourth-order valence-electron chi connectivity index (χ4n) is 3.91. The van der Waals surface area contributed by atoms with Crippen molar-refractivity contribution in [2.75, 3.05) is 17.2 Å². The number of pyridine rings is 1. The van der Waals surface area contributed by atoms with Crippen molar-refractivity contribution in [2.24, 2.45) is 5.92 Å². The number of benzene rings is 1. The van der Waals surface area contributed by atoms with Crippen LogP contribution in [0.3, 0.4) is 0 Å². The van der Waals surface area contributed by atoms with Gasteiger partial charge in [0.1, 0.15) is 5.82 Å². The number of halogens is 1. The normalized spacial score (nSPS) is 16.7. The van der Waals surface area contributed by atoms with Crippen molar-refractivity contribution in [1.29, 1.82) is 0 Å². The van der Waals surface area contributed by atoms with Gasteiger partial charge in [-0.3, -0.25) is 9.59 Å². The predicted octanol–water partition coefficient (Wildman–Crippen LogP) is 4.32. The Hall–Kier alpha value is -2.96. The van der Waals surface area contributed by atoms with Crippen LogP contribution in [0.4, 0.5) is 15.9 Å². The molecule has 1 aromatic heterocycles. The van der Waals surface area contributed by atoms with Crippen molar-refractivity contribution in [1.82, 2.24) is 4.98 Å². The maximum absolute atomic E-state index is 14.5. The second-order valence-electron chi connectivity index (χ2n) is 7.66. The van der Waals surface area contributed by atoms with Gasteiger partial charge in [-0.15, -0.1) is 0 Å². The molecule has 1 aliphatic carbocycles. The maximum atomic E-state index is 14.5. The van der Waals surface area contributed by atoms with Crippen LogP contribution in [0.2, 0.25) is 0 Å². The average Bonchev–Trinajstić information content (AvgIpc) is 2.73. The number of hydrogen-bond acceptors (Lipinski definition) is 4. The molecule has 1 saturated carbocycles. The van der Waals surface area contributed by atoms with E-state index in [0.717, 1.165) is 18.4 Å². The van der Waals surface area contributed by atoms with Gasteiger partial charge in [0.25, 0.3) is 5.91 Å². The fourth-order valence-corrected chi connectivity index (χ4v) is 3.91. The molecule has 0 atom stereocenters. The standard InChI is InChI=1S/C22H24FN3O3/c23-17-12-18-15(8-9-20(27)25-18)11-16(17)22(28)26-21-19(7-4-10-24-21)29-13-14-5-2-1-3-6-14/h4,7,10-12,14H,1-3,5-6,8-9,13H2,(H,25,27)(H,24,26,28). The van der Waals surface area contributed by atoms with Crippen molar-refractivity contribution in [3.63, 3.8) is 0 Å². The lowest BCUT2D eigenvalue weighted by Crippen LogP contribution is -2.22. The van der Waals surface area contributed by atoms with E-state index in [9.17, 15) is 14.0 Å². The number of nitrogens with zero attached hydrogens (tertiary/aromatic N) is 1. The summed E-state index contributed by atoms with van der Waals surface area (Å²) in [6.45, 7) is 0.585. The Morgan fingerprint density at radius 1 is 1.24 bits per heavy atom. The maximum Gasteiger partial charge on any atom is 0.259 e. The van der Waals surface area contributed by atoms with Crippen LogP contribution in [-0.4, -0.2) is 23.4 Å². The number of aryl methyl sites for hydroxylation is 1. The third-order valence-corrected chi connectivity index (χ3v) is 5.53. The number of carbonyl (C=O) groups is 2. The quantitative estimate of drug-likeness (QED) is 0.788. The van der Waals surface area contributed by atoms with Crippen LogP contribution in [0.1, 0.15) is 54.4 Å². The molecule has 0 unspecified atom stereocenters. The zero-order valence-corrected chi connectivity index (χ0v) is 16.2. The van der Waals surface area contributed by atoms with Gasteiger partial charge in [0.2, 0.25) is 5.91 Å². The molecule has 2 amide bonds. The van der Waals surface area contributed by atoms with Gasteiger partial charge >= 0.3 is 0 Å². The van der Waals surface area contributed by atoms with Crippen LogP contribution >= 0.6 is 0 Å². The van der Waals surface area contributed by atoms with E-state index in [1.807, 2.05) is 0 Å². The highest BCUT2D eigenvalue weighted by Crippen LogP contribution is 2.29. The fraction of sp³-hybridized carbons (Fsp3) is 0.409. The SMILES string of the molecule is O=C1CCc2cc(C(=O)Nc3ncccc3OCC3CCCCC3)c(F)cc2N1. The average molecular weight is 397 g/mol. The number of fused-ring (bicyclic) bond motifs is 1. The lowest BCUT2D eigenvalue weighted by Gasteiger charge is -2.22. The number of aromatic nitrogens is 1. The number of hydrogen-bond donors (Lipinski definition) is 2. The summed E-state index contributed by atoms with van der Waals surface area (Å²) in [5.74, 6) is -0.161. The molecule has 0 radical (unpaired) electrons. The van der Waals surface area contributed by atoms with Crippen LogP contribution in [-0.2, 0) is 11.2 Å². The van der Waals surface area contributed by atoms with Gasteiger partial charge in [0, 0.05) is 18.3 Å². The first kappa shape index (κ1) is 19.4. The topological polar surface area (TPSA) is 80.3 Å². The van der Waals surface area contributed by atoms with Crippen molar-refractivity contribution >= 4 is 23.3 Å². The van der Waals surface area contributed by atoms with E-state index in [0.29, 0.717) is 36.8 Å². The molecule has 7 heteroatoms. The molecule has 1 fully saturated rings. The second kappa shape index (κ2) is 8.59. The number of anilines is 2. The van der Waals surface area contributed by atoms with Crippen molar-refractivity contribution < 1.29 is 18.7 Å². The van der Waals surface area contributed by atoms with E-state index in [1.54, 1.807) is 18.3 Å². The largest absolute Gasteiger partial charge is 0.489 e. The first-order valence-corrected chi connectivity index (χ1v) is 10.1. The third kappa shape index (κ3) is 4.55. The van der Waals surface area contributed by atoms with E-state index in [1.165, 1.54) is 31.4 Å². The highest BCUT2D eigenvalue weighted by Gasteiger charge is 2.22. The van der Waals surface area contributed by atoms with Crippen molar-refractivity contribution in [2.45, 2.75) is 44.9 Å². The van der Waals surface area contributed by atoms with Gasteiger partial charge in [0.05, 0.1) is 12.2 Å². The van der Waals surface area contributed by atoms with Gasteiger partial charge in [-0.2, -0.15) is 0 Å². The zero-order valence-electron chi connectivity index (χ0n) is 16.2. The van der Waals surface area contributed by atoms with E-state index in [4.69, 9.17) is 4.74 Å². The Bertz CT molecular complexity index is 926.